The molecular weight excluding hydrogens is 204 g/mol. The van der Waals surface area contributed by atoms with Gasteiger partial charge in [0.05, 0.1) is 0 Å². The van der Waals surface area contributed by atoms with Gasteiger partial charge in [0.1, 0.15) is 11.4 Å². The van der Waals surface area contributed by atoms with Crippen LogP contribution in [-0.4, -0.2) is 30.8 Å². The zero-order chi connectivity index (χ0) is 10.8. The zero-order valence-electron chi connectivity index (χ0n) is 8.25. The Bertz CT molecular complexity index is 499. The maximum atomic E-state index is 3.94. The van der Waals surface area contributed by atoms with Crippen molar-refractivity contribution in [3.05, 3.63) is 36.7 Å². The van der Waals surface area contributed by atoms with Crippen molar-refractivity contribution in [1.82, 2.24) is 30.8 Å². The van der Waals surface area contributed by atoms with Crippen LogP contribution in [0.5, 0.6) is 0 Å². The fourth-order valence-electron chi connectivity index (χ4n) is 1.50. The van der Waals surface area contributed by atoms with Crippen LogP contribution < -0.4 is 0 Å². The highest BCUT2D eigenvalue weighted by Crippen LogP contribution is 2.20. The van der Waals surface area contributed by atoms with E-state index in [1.807, 2.05) is 24.3 Å². The number of benzene rings is 1. The molecule has 0 aliphatic carbocycles. The second-order valence-corrected chi connectivity index (χ2v) is 3.29. The van der Waals surface area contributed by atoms with E-state index >= 15 is 0 Å². The summed E-state index contributed by atoms with van der Waals surface area (Å²) < 4.78 is 0. The van der Waals surface area contributed by atoms with Crippen molar-refractivity contribution >= 4 is 0 Å². The molecule has 0 fully saturated rings. The normalized spacial score (nSPS) is 10.5. The van der Waals surface area contributed by atoms with Crippen LogP contribution in [0, 0.1) is 0 Å². The third-order valence-electron chi connectivity index (χ3n) is 2.31. The highest BCUT2D eigenvalue weighted by Gasteiger charge is 2.03. The Hall–Kier alpha value is -2.50. The van der Waals surface area contributed by atoms with Gasteiger partial charge in [-0.3, -0.25) is 10.2 Å². The van der Waals surface area contributed by atoms with Crippen LogP contribution in [0.15, 0.2) is 36.7 Å². The second kappa shape index (κ2) is 3.58. The first-order valence-electron chi connectivity index (χ1n) is 4.77. The zero-order valence-corrected chi connectivity index (χ0v) is 8.25. The van der Waals surface area contributed by atoms with E-state index in [-0.39, 0.29) is 0 Å². The highest BCUT2D eigenvalue weighted by molar-refractivity contribution is 5.65. The van der Waals surface area contributed by atoms with Gasteiger partial charge in [0.15, 0.2) is 0 Å². The number of nitrogens with zero attached hydrogens (tertiary/aromatic N) is 4. The molecule has 78 valence electrons. The molecule has 0 aliphatic heterocycles. The third kappa shape index (κ3) is 1.46. The van der Waals surface area contributed by atoms with Crippen molar-refractivity contribution in [2.75, 3.05) is 0 Å². The van der Waals surface area contributed by atoms with E-state index in [4.69, 9.17) is 0 Å². The fraction of sp³-hybridized carbons (Fsp3) is 0. The fourth-order valence-corrected chi connectivity index (χ4v) is 1.50. The van der Waals surface area contributed by atoms with E-state index in [0.717, 1.165) is 22.5 Å². The Labute approximate surface area is 90.7 Å². The first-order valence-corrected chi connectivity index (χ1v) is 4.77. The molecule has 0 radical (unpaired) electrons. The lowest BCUT2D eigenvalue weighted by Gasteiger charge is -1.97. The smallest absolute Gasteiger partial charge is 0.112 e. The summed E-state index contributed by atoms with van der Waals surface area (Å²) in [7, 11) is 0. The van der Waals surface area contributed by atoms with Gasteiger partial charge in [-0.25, -0.2) is 0 Å². The van der Waals surface area contributed by atoms with Gasteiger partial charge in [-0.2, -0.15) is 0 Å². The highest BCUT2D eigenvalue weighted by atomic mass is 15.3. The predicted octanol–water partition coefficient (Wildman–Crippen LogP) is 1.26. The van der Waals surface area contributed by atoms with Crippen molar-refractivity contribution in [3.8, 4) is 22.5 Å². The molecular formula is C10H8N6. The third-order valence-corrected chi connectivity index (χ3v) is 2.31. The van der Waals surface area contributed by atoms with Gasteiger partial charge in [0.2, 0.25) is 0 Å². The summed E-state index contributed by atoms with van der Waals surface area (Å²) in [6.07, 6.45) is 3.51. The molecule has 3 rings (SSSR count). The second-order valence-electron chi connectivity index (χ2n) is 3.29. The number of hydrogen-bond donors (Lipinski definition) is 2. The number of rotatable bonds is 2. The SMILES string of the molecule is c1cc(-c2c[nH]nn2)ccc1-c1c[nH]nn1. The lowest BCUT2D eigenvalue weighted by Crippen LogP contribution is -1.80. The molecule has 2 N–H and O–H groups in total. The van der Waals surface area contributed by atoms with E-state index in [9.17, 15) is 0 Å². The lowest BCUT2D eigenvalue weighted by molar-refractivity contribution is 0.941. The average molecular weight is 212 g/mol. The Morgan fingerprint density at radius 2 is 1.12 bits per heavy atom. The summed E-state index contributed by atoms with van der Waals surface area (Å²) in [6, 6.07) is 7.90. The number of aromatic amines is 2. The standard InChI is InChI=1S/C10H8N6/c1-2-8(10-6-12-16-14-10)4-3-7(1)9-5-11-15-13-9/h1-6H,(H,11,13,15)(H,12,14,16). The van der Waals surface area contributed by atoms with Crippen LogP contribution >= 0.6 is 0 Å². The molecule has 0 atom stereocenters. The van der Waals surface area contributed by atoms with E-state index < -0.39 is 0 Å². The molecule has 0 bridgehead atoms. The van der Waals surface area contributed by atoms with Gasteiger partial charge < -0.3 is 0 Å². The monoisotopic (exact) mass is 212 g/mol. The molecule has 6 heteroatoms. The molecule has 0 saturated carbocycles. The van der Waals surface area contributed by atoms with E-state index in [0.29, 0.717) is 0 Å². The molecule has 16 heavy (non-hydrogen) atoms. The summed E-state index contributed by atoms with van der Waals surface area (Å²) in [6.45, 7) is 0. The molecule has 2 heterocycles. The minimum Gasteiger partial charge on any atom is -0.265 e. The first-order chi connectivity index (χ1) is 7.93. The van der Waals surface area contributed by atoms with Crippen LogP contribution in [0.4, 0.5) is 0 Å². The summed E-state index contributed by atoms with van der Waals surface area (Å²) in [5.74, 6) is 0. The van der Waals surface area contributed by atoms with Crippen LogP contribution in [0.25, 0.3) is 22.5 Å². The van der Waals surface area contributed by atoms with Crippen LogP contribution in [0.2, 0.25) is 0 Å². The minimum atomic E-state index is 0.826. The lowest BCUT2D eigenvalue weighted by atomic mass is 10.1. The molecule has 0 amide bonds. The van der Waals surface area contributed by atoms with E-state index in [1.54, 1.807) is 12.4 Å². The van der Waals surface area contributed by atoms with Crippen molar-refractivity contribution in [3.63, 3.8) is 0 Å². The minimum absolute atomic E-state index is 0.826. The summed E-state index contributed by atoms with van der Waals surface area (Å²) in [4.78, 5) is 0. The Morgan fingerprint density at radius 3 is 1.44 bits per heavy atom. The first kappa shape index (κ1) is 8.78. The number of aromatic nitrogens is 6. The van der Waals surface area contributed by atoms with Gasteiger partial charge >= 0.3 is 0 Å². The molecule has 6 nitrogen and oxygen atoms in total. The van der Waals surface area contributed by atoms with Crippen molar-refractivity contribution < 1.29 is 0 Å². The largest absolute Gasteiger partial charge is 0.265 e. The number of H-pyrrole nitrogens is 2. The molecule has 0 spiro atoms. The van der Waals surface area contributed by atoms with Gasteiger partial charge in [-0.05, 0) is 0 Å². The van der Waals surface area contributed by atoms with Gasteiger partial charge in [0, 0.05) is 23.5 Å². The summed E-state index contributed by atoms with van der Waals surface area (Å²) >= 11 is 0. The average Bonchev–Trinajstić information content (AvgIpc) is 3.03. The number of nitrogens with one attached hydrogen (secondary N) is 2. The topological polar surface area (TPSA) is 83.1 Å². The Kier molecular flexibility index (Phi) is 1.96. The van der Waals surface area contributed by atoms with E-state index in [2.05, 4.69) is 30.8 Å². The summed E-state index contributed by atoms with van der Waals surface area (Å²) in [5.41, 5.74) is 3.68. The van der Waals surface area contributed by atoms with Gasteiger partial charge in [-0.15, -0.1) is 10.2 Å². The number of hydrogen-bond acceptors (Lipinski definition) is 4. The molecule has 0 unspecified atom stereocenters. The van der Waals surface area contributed by atoms with Gasteiger partial charge in [0.25, 0.3) is 0 Å². The van der Waals surface area contributed by atoms with Crippen LogP contribution in [-0.2, 0) is 0 Å². The summed E-state index contributed by atoms with van der Waals surface area (Å²) in [5, 5.41) is 20.6. The Balaban J connectivity index is 1.97. The van der Waals surface area contributed by atoms with Crippen LogP contribution in [0.3, 0.4) is 0 Å². The molecule has 3 aromatic rings. The van der Waals surface area contributed by atoms with E-state index in [1.165, 1.54) is 0 Å². The molecule has 1 aromatic carbocycles. The molecule has 0 saturated heterocycles. The predicted molar refractivity (Wildman–Crippen MR) is 57.2 cm³/mol. The quantitative estimate of drug-likeness (QED) is 0.669. The Morgan fingerprint density at radius 1 is 0.688 bits per heavy atom. The van der Waals surface area contributed by atoms with Crippen molar-refractivity contribution in [1.29, 1.82) is 0 Å². The van der Waals surface area contributed by atoms with Crippen molar-refractivity contribution in [2.24, 2.45) is 0 Å². The van der Waals surface area contributed by atoms with Crippen molar-refractivity contribution in [2.45, 2.75) is 0 Å². The van der Waals surface area contributed by atoms with Crippen LogP contribution in [0.1, 0.15) is 0 Å². The van der Waals surface area contributed by atoms with Gasteiger partial charge in [-0.1, -0.05) is 34.7 Å². The molecule has 2 aromatic heterocycles. The molecule has 0 aliphatic rings. The maximum absolute atomic E-state index is 3.94. The maximum Gasteiger partial charge on any atom is 0.112 e.